The Morgan fingerprint density at radius 3 is 2.45 bits per heavy atom. The molecule has 0 saturated heterocycles. The van der Waals surface area contributed by atoms with Crippen LogP contribution in [-0.2, 0) is 16.1 Å². The Kier molecular flexibility index (Phi) is 5.30. The number of carbonyl (C=O) groups excluding carboxylic acids is 2. The summed E-state index contributed by atoms with van der Waals surface area (Å²) in [7, 11) is 0. The fourth-order valence-corrected chi connectivity index (χ4v) is 5.35. The minimum Gasteiger partial charge on any atom is -0.353 e. The molecular formula is C23H30F2N4O2. The molecule has 8 heteroatoms. The Morgan fingerprint density at radius 2 is 1.84 bits per heavy atom. The predicted molar refractivity (Wildman–Crippen MR) is 113 cm³/mol. The third kappa shape index (κ3) is 4.29. The van der Waals surface area contributed by atoms with Gasteiger partial charge in [0.2, 0.25) is 11.8 Å². The van der Waals surface area contributed by atoms with Crippen LogP contribution in [0.1, 0.15) is 52.3 Å². The van der Waals surface area contributed by atoms with E-state index >= 15 is 0 Å². The first kappa shape index (κ1) is 21.7. The van der Waals surface area contributed by atoms with Gasteiger partial charge < -0.3 is 14.8 Å². The van der Waals surface area contributed by atoms with Crippen molar-refractivity contribution in [2.45, 2.75) is 66.0 Å². The molecule has 31 heavy (non-hydrogen) atoms. The second-order valence-electron chi connectivity index (χ2n) is 10.2. The van der Waals surface area contributed by atoms with Gasteiger partial charge in [0.25, 0.3) is 0 Å². The van der Waals surface area contributed by atoms with Gasteiger partial charge in [0.05, 0.1) is 11.0 Å². The SMILES string of the molecule is Cc1nc2cc(F)c(F)cc2n1CC(=O)NCCN(C(=O)C1(C)CC(C)(C)C1)C1CC1. The first-order valence-corrected chi connectivity index (χ1v) is 10.9. The zero-order valence-electron chi connectivity index (χ0n) is 18.6. The fraction of sp³-hybridized carbons (Fsp3) is 0.609. The molecular weight excluding hydrogens is 402 g/mol. The molecule has 6 nitrogen and oxygen atoms in total. The molecule has 2 saturated carbocycles. The molecule has 4 rings (SSSR count). The Hall–Kier alpha value is -2.51. The minimum absolute atomic E-state index is 0.0450. The van der Waals surface area contributed by atoms with E-state index in [9.17, 15) is 18.4 Å². The van der Waals surface area contributed by atoms with Crippen LogP contribution in [0.2, 0.25) is 0 Å². The number of carbonyl (C=O) groups is 2. The summed E-state index contributed by atoms with van der Waals surface area (Å²) in [6, 6.07) is 2.38. The Labute approximate surface area is 181 Å². The van der Waals surface area contributed by atoms with Gasteiger partial charge in [-0.25, -0.2) is 13.8 Å². The van der Waals surface area contributed by atoms with Crippen molar-refractivity contribution in [2.75, 3.05) is 13.1 Å². The molecule has 2 fully saturated rings. The summed E-state index contributed by atoms with van der Waals surface area (Å²) in [5.41, 5.74) is 0.595. The van der Waals surface area contributed by atoms with Gasteiger partial charge in [-0.15, -0.1) is 0 Å². The van der Waals surface area contributed by atoms with Crippen molar-refractivity contribution >= 4 is 22.8 Å². The number of amides is 2. The van der Waals surface area contributed by atoms with Crippen molar-refractivity contribution in [3.63, 3.8) is 0 Å². The number of hydrogen-bond acceptors (Lipinski definition) is 3. The number of imidazole rings is 1. The van der Waals surface area contributed by atoms with E-state index < -0.39 is 11.6 Å². The molecule has 2 aliphatic carbocycles. The van der Waals surface area contributed by atoms with Crippen molar-refractivity contribution in [1.82, 2.24) is 19.8 Å². The molecule has 1 aromatic carbocycles. The lowest BCUT2D eigenvalue weighted by atomic mass is 9.55. The minimum atomic E-state index is -0.972. The lowest BCUT2D eigenvalue weighted by Crippen LogP contribution is -2.54. The number of hydrogen-bond donors (Lipinski definition) is 1. The smallest absolute Gasteiger partial charge is 0.240 e. The van der Waals surface area contributed by atoms with Crippen LogP contribution in [0.15, 0.2) is 12.1 Å². The van der Waals surface area contributed by atoms with Gasteiger partial charge in [0, 0.05) is 36.7 Å². The van der Waals surface area contributed by atoms with E-state index in [1.54, 1.807) is 11.5 Å². The maximum Gasteiger partial charge on any atom is 0.240 e. The van der Waals surface area contributed by atoms with Gasteiger partial charge in [-0.2, -0.15) is 0 Å². The summed E-state index contributed by atoms with van der Waals surface area (Å²) >= 11 is 0. The highest BCUT2D eigenvalue weighted by molar-refractivity contribution is 5.84. The van der Waals surface area contributed by atoms with Crippen molar-refractivity contribution < 1.29 is 18.4 Å². The van der Waals surface area contributed by atoms with Crippen molar-refractivity contribution in [3.8, 4) is 0 Å². The topological polar surface area (TPSA) is 67.2 Å². The molecule has 1 N–H and O–H groups in total. The van der Waals surface area contributed by atoms with Crippen LogP contribution in [0.3, 0.4) is 0 Å². The molecule has 0 unspecified atom stereocenters. The summed E-state index contributed by atoms with van der Waals surface area (Å²) in [5, 5.41) is 2.86. The van der Waals surface area contributed by atoms with Gasteiger partial charge in [0.1, 0.15) is 12.4 Å². The number of aryl methyl sites for hydroxylation is 1. The van der Waals surface area contributed by atoms with Gasteiger partial charge in [-0.05, 0) is 38.0 Å². The first-order valence-electron chi connectivity index (χ1n) is 10.9. The normalized spacial score (nSPS) is 19.2. The number of nitrogens with zero attached hydrogens (tertiary/aromatic N) is 3. The van der Waals surface area contributed by atoms with Gasteiger partial charge in [-0.1, -0.05) is 20.8 Å². The summed E-state index contributed by atoms with van der Waals surface area (Å²) in [5.74, 6) is -1.50. The standard InChI is InChI=1S/C23H30F2N4O2/c1-14-27-18-9-16(24)17(25)10-19(18)29(14)11-20(30)26-7-8-28(15-5-6-15)21(31)23(4)12-22(2,3)13-23/h9-10,15H,5-8,11-13H2,1-4H3,(H,26,30). The predicted octanol–water partition coefficient (Wildman–Crippen LogP) is 3.56. The molecule has 1 aromatic heterocycles. The Bertz CT molecular complexity index is 1030. The van der Waals surface area contributed by atoms with Crippen LogP contribution in [0.25, 0.3) is 11.0 Å². The maximum absolute atomic E-state index is 13.6. The molecule has 2 amide bonds. The third-order valence-corrected chi connectivity index (χ3v) is 6.46. The fourth-order valence-electron chi connectivity index (χ4n) is 5.35. The second kappa shape index (κ2) is 7.57. The largest absolute Gasteiger partial charge is 0.353 e. The first-order chi connectivity index (χ1) is 14.5. The van der Waals surface area contributed by atoms with Crippen molar-refractivity contribution in [3.05, 3.63) is 29.6 Å². The summed E-state index contributed by atoms with van der Waals surface area (Å²) in [4.78, 5) is 31.8. The van der Waals surface area contributed by atoms with Gasteiger partial charge >= 0.3 is 0 Å². The lowest BCUT2D eigenvalue weighted by molar-refractivity contribution is -0.154. The van der Waals surface area contributed by atoms with Gasteiger partial charge in [0.15, 0.2) is 11.6 Å². The molecule has 0 radical (unpaired) electrons. The molecule has 0 spiro atoms. The number of rotatable bonds is 7. The molecule has 0 bridgehead atoms. The number of nitrogens with one attached hydrogen (secondary N) is 1. The van der Waals surface area contributed by atoms with E-state index in [-0.39, 0.29) is 35.2 Å². The summed E-state index contributed by atoms with van der Waals surface area (Å²) in [6.07, 6.45) is 3.81. The number of benzene rings is 1. The van der Waals surface area contributed by atoms with Crippen LogP contribution < -0.4 is 5.32 Å². The zero-order valence-corrected chi connectivity index (χ0v) is 18.6. The van der Waals surface area contributed by atoms with Gasteiger partial charge in [-0.3, -0.25) is 9.59 Å². The summed E-state index contributed by atoms with van der Waals surface area (Å²) < 4.78 is 28.7. The third-order valence-electron chi connectivity index (χ3n) is 6.46. The van der Waals surface area contributed by atoms with Crippen LogP contribution >= 0.6 is 0 Å². The molecule has 0 atom stereocenters. The van der Waals surface area contributed by atoms with E-state index in [2.05, 4.69) is 24.1 Å². The van der Waals surface area contributed by atoms with E-state index in [1.165, 1.54) is 0 Å². The highest BCUT2D eigenvalue weighted by Crippen LogP contribution is 2.55. The number of fused-ring (bicyclic) bond motifs is 1. The number of aromatic nitrogens is 2. The molecule has 2 aliphatic rings. The second-order valence-corrected chi connectivity index (χ2v) is 10.2. The quantitative estimate of drug-likeness (QED) is 0.728. The van der Waals surface area contributed by atoms with E-state index in [0.29, 0.717) is 29.9 Å². The molecule has 168 valence electrons. The zero-order chi connectivity index (χ0) is 22.6. The highest BCUT2D eigenvalue weighted by atomic mass is 19.2. The van der Waals surface area contributed by atoms with Crippen molar-refractivity contribution in [2.24, 2.45) is 10.8 Å². The van der Waals surface area contributed by atoms with E-state index in [4.69, 9.17) is 0 Å². The number of halogens is 2. The highest BCUT2D eigenvalue weighted by Gasteiger charge is 2.53. The molecule has 2 aromatic rings. The van der Waals surface area contributed by atoms with Crippen LogP contribution in [0.5, 0.6) is 0 Å². The van der Waals surface area contributed by atoms with Crippen LogP contribution in [0, 0.1) is 29.4 Å². The lowest BCUT2D eigenvalue weighted by Gasteiger charge is -2.51. The maximum atomic E-state index is 13.6. The molecule has 0 aliphatic heterocycles. The Balaban J connectivity index is 1.36. The summed E-state index contributed by atoms with van der Waals surface area (Å²) in [6.45, 7) is 8.90. The monoisotopic (exact) mass is 432 g/mol. The Morgan fingerprint density at radius 1 is 1.19 bits per heavy atom. The van der Waals surface area contributed by atoms with Crippen molar-refractivity contribution in [1.29, 1.82) is 0 Å². The average Bonchev–Trinajstić information content (AvgIpc) is 3.44. The van der Waals surface area contributed by atoms with E-state index in [1.807, 2.05) is 11.8 Å². The van der Waals surface area contributed by atoms with Crippen LogP contribution in [-0.4, -0.2) is 45.4 Å². The van der Waals surface area contributed by atoms with E-state index in [0.717, 1.165) is 37.8 Å². The van der Waals surface area contributed by atoms with Crippen LogP contribution in [0.4, 0.5) is 8.78 Å². The average molecular weight is 433 g/mol. The molecule has 1 heterocycles.